The molecule has 11 nitrogen and oxygen atoms in total. The molecule has 58 heavy (non-hydrogen) atoms. The van der Waals surface area contributed by atoms with Crippen molar-refractivity contribution in [2.45, 2.75) is 83.5 Å². The number of fused-ring (bicyclic) bond motifs is 3. The lowest BCUT2D eigenvalue weighted by atomic mass is 9.84. The molecule has 2 aromatic carbocycles. The van der Waals surface area contributed by atoms with E-state index < -0.39 is 12.2 Å². The van der Waals surface area contributed by atoms with E-state index in [1.165, 1.54) is 0 Å². The summed E-state index contributed by atoms with van der Waals surface area (Å²) in [5.74, 6) is 0.0233. The van der Waals surface area contributed by atoms with Gasteiger partial charge in [0.2, 0.25) is 5.88 Å². The first-order valence-corrected chi connectivity index (χ1v) is 20.2. The number of methoxy groups -OCH3 is 1. The lowest BCUT2D eigenvalue weighted by Gasteiger charge is -2.37. The van der Waals surface area contributed by atoms with Gasteiger partial charge in [-0.3, -0.25) is 19.6 Å². The van der Waals surface area contributed by atoms with E-state index in [9.17, 15) is 18.7 Å². The van der Waals surface area contributed by atoms with Crippen molar-refractivity contribution >= 4 is 40.1 Å². The number of pyridine rings is 2. The fourth-order valence-electron chi connectivity index (χ4n) is 9.29. The number of nitrogens with one attached hydrogen (secondary N) is 1. The number of β-amino-alcohol motifs (C(OH)–C–C–N with tert-alkyl or cyclic N) is 1. The zero-order valence-corrected chi connectivity index (χ0v) is 34.0. The Morgan fingerprint density at radius 1 is 1.07 bits per heavy atom. The van der Waals surface area contributed by atoms with Gasteiger partial charge in [0.25, 0.3) is 6.43 Å². The van der Waals surface area contributed by atoms with Crippen molar-refractivity contribution in [3.63, 3.8) is 0 Å². The summed E-state index contributed by atoms with van der Waals surface area (Å²) in [7, 11) is 3.73. The SMILES string of the molecule is CCOC(=O)C12CCC(N(C)Cc3ccc(-c4cccc(-c5cccc(Nc6nc(C(F)F)nc7cc(CN8CC[C@@H](O)C8)cnc67)c5C)c4Cl)nc3OC)(CC1)C2. The van der Waals surface area contributed by atoms with Crippen LogP contribution in [0.2, 0.25) is 5.02 Å². The number of halogens is 3. The van der Waals surface area contributed by atoms with Gasteiger partial charge >= 0.3 is 5.97 Å². The Morgan fingerprint density at radius 2 is 1.83 bits per heavy atom. The van der Waals surface area contributed by atoms with Crippen LogP contribution in [-0.4, -0.2) is 86.3 Å². The van der Waals surface area contributed by atoms with Crippen molar-refractivity contribution in [3.05, 3.63) is 88.3 Å². The third-order valence-corrected chi connectivity index (χ3v) is 12.9. The summed E-state index contributed by atoms with van der Waals surface area (Å²) in [4.78, 5) is 35.2. The van der Waals surface area contributed by atoms with Gasteiger partial charge in [-0.25, -0.2) is 23.7 Å². The Balaban J connectivity index is 1.05. The number of hydrogen-bond acceptors (Lipinski definition) is 11. The number of carbonyl (C=O) groups is 1. The number of aliphatic hydroxyl groups is 1. The number of anilines is 2. The van der Waals surface area contributed by atoms with Crippen LogP contribution >= 0.6 is 11.6 Å². The Kier molecular flexibility index (Phi) is 11.1. The highest BCUT2D eigenvalue weighted by Crippen LogP contribution is 2.59. The number of esters is 1. The number of alkyl halides is 2. The molecule has 4 heterocycles. The molecule has 3 aliphatic rings. The Bertz CT molecular complexity index is 2360. The van der Waals surface area contributed by atoms with Gasteiger partial charge in [-0.05, 0) is 94.3 Å². The third kappa shape index (κ3) is 7.49. The minimum atomic E-state index is -2.88. The lowest BCUT2D eigenvalue weighted by Crippen LogP contribution is -2.42. The van der Waals surface area contributed by atoms with Crippen LogP contribution in [0.25, 0.3) is 33.4 Å². The molecule has 14 heteroatoms. The maximum atomic E-state index is 14.1. The zero-order chi connectivity index (χ0) is 40.8. The van der Waals surface area contributed by atoms with Gasteiger partial charge in [-0.15, -0.1) is 0 Å². The molecule has 8 rings (SSSR count). The first-order chi connectivity index (χ1) is 27.9. The van der Waals surface area contributed by atoms with Gasteiger partial charge in [0.15, 0.2) is 11.6 Å². The minimum absolute atomic E-state index is 0.0609. The summed E-state index contributed by atoms with van der Waals surface area (Å²) < 4.78 is 39.5. The molecule has 2 N–H and O–H groups in total. The van der Waals surface area contributed by atoms with Gasteiger partial charge in [0, 0.05) is 60.3 Å². The highest BCUT2D eigenvalue weighted by atomic mass is 35.5. The molecule has 1 atom stereocenters. The number of nitrogens with zero attached hydrogens (tertiary/aromatic N) is 6. The maximum absolute atomic E-state index is 14.1. The average Bonchev–Trinajstić information content (AvgIpc) is 3.94. The molecule has 3 aromatic heterocycles. The summed E-state index contributed by atoms with van der Waals surface area (Å²) >= 11 is 7.21. The molecule has 0 radical (unpaired) electrons. The molecular weight excluding hydrogens is 764 g/mol. The highest BCUT2D eigenvalue weighted by Gasteiger charge is 2.60. The average molecular weight is 812 g/mol. The molecule has 0 amide bonds. The van der Waals surface area contributed by atoms with E-state index in [0.29, 0.717) is 66.0 Å². The normalized spacial score (nSPS) is 21.7. The second kappa shape index (κ2) is 16.1. The standard InChI is InChI=1S/C44H48ClF2N7O4/c1-5-58-42(56)43-15-17-44(25-43,18-16-43)53(3)23-28-12-13-34(51-41(28)57-4)32-10-6-9-31(36(32)45)30-8-7-11-33(26(30)2)49-39-37-35(50-40(52-39)38(46)47)20-27(21-48-37)22-54-19-14-29(55)24-54/h6-13,20-21,29,38,55H,5,14-19,22-25H2,1-4H3,(H,49,50,52)/t29-,43?,44?/m1/s1. The van der Waals surface area contributed by atoms with Crippen molar-refractivity contribution in [2.24, 2.45) is 5.41 Å². The topological polar surface area (TPSA) is 126 Å². The minimum Gasteiger partial charge on any atom is -0.481 e. The van der Waals surface area contributed by atoms with E-state index in [-0.39, 0.29) is 28.8 Å². The van der Waals surface area contributed by atoms with Crippen molar-refractivity contribution in [1.82, 2.24) is 29.7 Å². The van der Waals surface area contributed by atoms with Crippen molar-refractivity contribution < 1.29 is 28.2 Å². The predicted octanol–water partition coefficient (Wildman–Crippen LogP) is 8.67. The first kappa shape index (κ1) is 40.0. The number of hydrogen-bond donors (Lipinski definition) is 2. The molecule has 1 aliphatic heterocycles. The first-order valence-electron chi connectivity index (χ1n) is 19.9. The van der Waals surface area contributed by atoms with Gasteiger partial charge in [-0.2, -0.15) is 0 Å². The van der Waals surface area contributed by atoms with E-state index in [1.54, 1.807) is 19.4 Å². The summed E-state index contributed by atoms with van der Waals surface area (Å²) in [6.45, 7) is 6.64. The van der Waals surface area contributed by atoms with Crippen LogP contribution in [0, 0.1) is 12.3 Å². The number of ether oxygens (including phenoxy) is 2. The van der Waals surface area contributed by atoms with Crippen LogP contribution < -0.4 is 10.1 Å². The number of likely N-dealkylation sites (tertiary alicyclic amines) is 1. The predicted molar refractivity (Wildman–Crippen MR) is 219 cm³/mol. The van der Waals surface area contributed by atoms with Crippen LogP contribution in [0.3, 0.4) is 0 Å². The smallest absolute Gasteiger partial charge is 0.312 e. The fourth-order valence-corrected chi connectivity index (χ4v) is 9.61. The Hall–Kier alpha value is -4.82. The van der Waals surface area contributed by atoms with E-state index in [2.05, 4.69) is 37.1 Å². The second-order valence-corrected chi connectivity index (χ2v) is 16.4. The summed E-state index contributed by atoms with van der Waals surface area (Å²) in [5.41, 5.74) is 6.44. The van der Waals surface area contributed by atoms with Crippen LogP contribution in [0.1, 0.15) is 74.4 Å². The largest absolute Gasteiger partial charge is 0.481 e. The summed E-state index contributed by atoms with van der Waals surface area (Å²) in [6, 6.07) is 17.2. The molecule has 3 fully saturated rings. The number of carbonyl (C=O) groups excluding carboxylic acids is 1. The van der Waals surface area contributed by atoms with Gasteiger partial charge in [-0.1, -0.05) is 48.0 Å². The molecular formula is C44H48ClF2N7O4. The van der Waals surface area contributed by atoms with E-state index in [1.807, 2.05) is 62.4 Å². The molecule has 2 saturated carbocycles. The molecule has 0 unspecified atom stereocenters. The number of aliphatic hydroxyl groups excluding tert-OH is 1. The van der Waals surface area contributed by atoms with Crippen LogP contribution in [0.5, 0.6) is 5.88 Å². The summed E-state index contributed by atoms with van der Waals surface area (Å²) in [5, 5.41) is 13.7. The molecule has 2 bridgehead atoms. The zero-order valence-electron chi connectivity index (χ0n) is 33.2. The summed E-state index contributed by atoms with van der Waals surface area (Å²) in [6.07, 6.45) is 3.54. The van der Waals surface area contributed by atoms with Gasteiger partial charge < -0.3 is 19.9 Å². The van der Waals surface area contributed by atoms with E-state index in [4.69, 9.17) is 26.1 Å². The third-order valence-electron chi connectivity index (χ3n) is 12.5. The van der Waals surface area contributed by atoms with Gasteiger partial charge in [0.1, 0.15) is 5.52 Å². The Morgan fingerprint density at radius 3 is 2.55 bits per heavy atom. The van der Waals surface area contributed by atoms with E-state index in [0.717, 1.165) is 72.0 Å². The van der Waals surface area contributed by atoms with Gasteiger partial charge in [0.05, 0.1) is 41.5 Å². The number of rotatable bonds is 13. The highest BCUT2D eigenvalue weighted by molar-refractivity contribution is 6.36. The van der Waals surface area contributed by atoms with Crippen molar-refractivity contribution in [3.8, 4) is 28.3 Å². The second-order valence-electron chi connectivity index (χ2n) is 16.0. The number of benzene rings is 2. The lowest BCUT2D eigenvalue weighted by molar-refractivity contribution is -0.154. The molecule has 1 saturated heterocycles. The quantitative estimate of drug-likeness (QED) is 0.111. The van der Waals surface area contributed by atoms with Crippen LogP contribution in [0.15, 0.2) is 60.8 Å². The number of aromatic nitrogens is 4. The molecule has 0 spiro atoms. The van der Waals surface area contributed by atoms with Crippen molar-refractivity contribution in [1.29, 1.82) is 0 Å². The van der Waals surface area contributed by atoms with Crippen LogP contribution in [0.4, 0.5) is 20.3 Å². The van der Waals surface area contributed by atoms with E-state index >= 15 is 0 Å². The van der Waals surface area contributed by atoms with Crippen molar-refractivity contribution in [2.75, 3.05) is 39.2 Å². The van der Waals surface area contributed by atoms with Crippen LogP contribution in [-0.2, 0) is 22.6 Å². The fraction of sp³-hybridized carbons (Fsp3) is 0.432. The monoisotopic (exact) mass is 811 g/mol. The molecule has 304 valence electrons. The molecule has 2 aliphatic carbocycles. The maximum Gasteiger partial charge on any atom is 0.312 e. The Labute approximate surface area is 341 Å². The molecule has 5 aromatic rings.